The molecule has 1 unspecified atom stereocenters. The Bertz CT molecular complexity index is 592. The molecule has 22 heavy (non-hydrogen) atoms. The van der Waals surface area contributed by atoms with Crippen molar-refractivity contribution < 1.29 is 4.39 Å². The zero-order valence-corrected chi connectivity index (χ0v) is 13.5. The highest BCUT2D eigenvalue weighted by Gasteiger charge is 2.36. The van der Waals surface area contributed by atoms with Crippen LogP contribution in [0.2, 0.25) is 0 Å². The maximum absolute atomic E-state index is 12.7. The summed E-state index contributed by atoms with van der Waals surface area (Å²) in [5.41, 5.74) is 1.17. The third-order valence-corrected chi connectivity index (χ3v) is 4.21. The second-order valence-electron chi connectivity index (χ2n) is 6.08. The van der Waals surface area contributed by atoms with Gasteiger partial charge < -0.3 is 4.90 Å². The van der Waals surface area contributed by atoms with Gasteiger partial charge in [-0.15, -0.1) is 0 Å². The molecule has 5 heteroatoms. The molecule has 1 aliphatic heterocycles. The number of aliphatic imine (C=N–C) groups is 2. The first-order chi connectivity index (χ1) is 10.5. The van der Waals surface area contributed by atoms with Crippen LogP contribution in [-0.4, -0.2) is 37.6 Å². The molecule has 0 radical (unpaired) electrons. The Kier molecular flexibility index (Phi) is 5.06. The van der Waals surface area contributed by atoms with E-state index in [4.69, 9.17) is 0 Å². The monoisotopic (exact) mass is 302 g/mol. The fourth-order valence-corrected chi connectivity index (χ4v) is 3.06. The summed E-state index contributed by atoms with van der Waals surface area (Å²) in [6.45, 7) is 8.60. The highest BCUT2D eigenvalue weighted by molar-refractivity contribution is 5.85. The molecular weight excluding hydrogens is 279 g/mol. The second kappa shape index (κ2) is 6.81. The van der Waals surface area contributed by atoms with Crippen molar-refractivity contribution in [3.8, 4) is 0 Å². The topological polar surface area (TPSA) is 40.9 Å². The van der Waals surface area contributed by atoms with Crippen molar-refractivity contribution in [2.45, 2.75) is 32.7 Å². The molecular formula is C17H23FN4. The molecule has 0 bridgehead atoms. The van der Waals surface area contributed by atoms with E-state index in [0.29, 0.717) is 17.7 Å². The van der Waals surface area contributed by atoms with Crippen molar-refractivity contribution in [2.75, 3.05) is 18.5 Å². The van der Waals surface area contributed by atoms with Crippen LogP contribution < -0.4 is 4.90 Å². The first-order valence-electron chi connectivity index (χ1n) is 7.48. The minimum Gasteiger partial charge on any atom is -0.353 e. The molecule has 0 saturated carbocycles. The van der Waals surface area contributed by atoms with Crippen LogP contribution in [0, 0.1) is 5.41 Å². The van der Waals surface area contributed by atoms with E-state index in [0.717, 1.165) is 25.2 Å². The first-order valence-corrected chi connectivity index (χ1v) is 7.48. The maximum atomic E-state index is 12.7. The second-order valence-corrected chi connectivity index (χ2v) is 6.08. The number of anilines is 1. The summed E-state index contributed by atoms with van der Waals surface area (Å²) in [5, 5.41) is 0. The number of nitrogens with zero attached hydrogens (tertiary/aromatic N) is 4. The Hall–Kier alpha value is -2.04. The van der Waals surface area contributed by atoms with Gasteiger partial charge in [-0.25, -0.2) is 9.37 Å². The lowest BCUT2D eigenvalue weighted by molar-refractivity contribution is 0.365. The lowest BCUT2D eigenvalue weighted by atomic mass is 9.83. The van der Waals surface area contributed by atoms with Crippen molar-refractivity contribution in [3.63, 3.8) is 0 Å². The number of aromatic nitrogens is 1. The molecule has 1 aliphatic rings. The predicted molar refractivity (Wildman–Crippen MR) is 91.4 cm³/mol. The van der Waals surface area contributed by atoms with Crippen LogP contribution >= 0.6 is 0 Å². The fraction of sp³-hybridized carbons (Fsp3) is 0.471. The maximum Gasteiger partial charge on any atom is 0.129 e. The van der Waals surface area contributed by atoms with Crippen molar-refractivity contribution in [1.29, 1.82) is 0 Å². The third-order valence-electron chi connectivity index (χ3n) is 4.21. The predicted octanol–water partition coefficient (Wildman–Crippen LogP) is 3.94. The van der Waals surface area contributed by atoms with Crippen LogP contribution in [0.5, 0.6) is 0 Å². The Morgan fingerprint density at radius 1 is 1.45 bits per heavy atom. The van der Waals surface area contributed by atoms with Gasteiger partial charge in [0, 0.05) is 31.3 Å². The average molecular weight is 302 g/mol. The van der Waals surface area contributed by atoms with Gasteiger partial charge in [0.2, 0.25) is 0 Å². The minimum atomic E-state index is -0.249. The van der Waals surface area contributed by atoms with Gasteiger partial charge in [0.1, 0.15) is 11.5 Å². The lowest BCUT2D eigenvalue weighted by Gasteiger charge is -2.36. The zero-order chi connectivity index (χ0) is 16.2. The van der Waals surface area contributed by atoms with E-state index in [-0.39, 0.29) is 11.5 Å². The van der Waals surface area contributed by atoms with Crippen molar-refractivity contribution >= 4 is 24.4 Å². The summed E-state index contributed by atoms with van der Waals surface area (Å²) in [4.78, 5) is 14.9. The number of rotatable bonds is 5. The summed E-state index contributed by atoms with van der Waals surface area (Å²) < 4.78 is 12.7. The number of hydrogen-bond acceptors (Lipinski definition) is 4. The van der Waals surface area contributed by atoms with Crippen LogP contribution in [0.3, 0.4) is 0 Å². The van der Waals surface area contributed by atoms with Crippen molar-refractivity contribution in [2.24, 2.45) is 15.4 Å². The summed E-state index contributed by atoms with van der Waals surface area (Å²) in [7, 11) is 1.70. The van der Waals surface area contributed by atoms with Gasteiger partial charge in [0.05, 0.1) is 12.0 Å². The Balaban J connectivity index is 2.38. The largest absolute Gasteiger partial charge is 0.353 e. The normalized spacial score (nSPS) is 19.5. The lowest BCUT2D eigenvalue weighted by Crippen LogP contribution is -2.40. The van der Waals surface area contributed by atoms with Gasteiger partial charge in [-0.3, -0.25) is 9.98 Å². The summed E-state index contributed by atoms with van der Waals surface area (Å²) in [5.74, 6) is 0.880. The zero-order valence-electron chi connectivity index (χ0n) is 13.5. The van der Waals surface area contributed by atoms with E-state index in [1.165, 1.54) is 0 Å². The van der Waals surface area contributed by atoms with Gasteiger partial charge in [0.25, 0.3) is 0 Å². The van der Waals surface area contributed by atoms with E-state index in [9.17, 15) is 4.39 Å². The standard InChI is InChI=1S/C17H23FN4/c1-17(2,9-10-18)15-6-5-11-22(15)16-8-7-13(20-4)14(21-16)12-19-3/h7-10,12,15H,4-6,11H2,1-3H3/b10-9+,19-12?. The Morgan fingerprint density at radius 3 is 2.86 bits per heavy atom. The van der Waals surface area contributed by atoms with Crippen LogP contribution in [0.4, 0.5) is 15.9 Å². The highest BCUT2D eigenvalue weighted by Crippen LogP contribution is 2.37. The summed E-state index contributed by atoms with van der Waals surface area (Å²) in [6.07, 6.45) is 6.06. The van der Waals surface area contributed by atoms with E-state index < -0.39 is 0 Å². The summed E-state index contributed by atoms with van der Waals surface area (Å²) in [6, 6.07) is 4.07. The summed E-state index contributed by atoms with van der Waals surface area (Å²) >= 11 is 0. The minimum absolute atomic E-state index is 0.223. The molecule has 1 atom stereocenters. The molecule has 2 heterocycles. The van der Waals surface area contributed by atoms with E-state index in [1.54, 1.807) is 19.3 Å². The van der Waals surface area contributed by atoms with Gasteiger partial charge in [-0.1, -0.05) is 13.8 Å². The third kappa shape index (κ3) is 3.24. The smallest absolute Gasteiger partial charge is 0.129 e. The number of hydrogen-bond donors (Lipinski definition) is 0. The average Bonchev–Trinajstić information content (AvgIpc) is 2.98. The van der Waals surface area contributed by atoms with E-state index in [2.05, 4.69) is 40.4 Å². The fourth-order valence-electron chi connectivity index (χ4n) is 3.06. The molecule has 1 aromatic heterocycles. The van der Waals surface area contributed by atoms with Gasteiger partial charge in [-0.05, 0) is 37.8 Å². The molecule has 1 saturated heterocycles. The number of pyridine rings is 1. The molecule has 1 aromatic rings. The van der Waals surface area contributed by atoms with Gasteiger partial charge in [0.15, 0.2) is 0 Å². The molecule has 4 nitrogen and oxygen atoms in total. The SMILES string of the molecule is C=Nc1ccc(N2CCCC2C(C)(C)/C=C/F)nc1C=NC. The van der Waals surface area contributed by atoms with Crippen LogP contribution in [0.1, 0.15) is 32.4 Å². The molecule has 0 aromatic carbocycles. The molecule has 2 rings (SSSR count). The number of halogens is 1. The van der Waals surface area contributed by atoms with Crippen molar-refractivity contribution in [3.05, 3.63) is 30.2 Å². The molecule has 0 amide bonds. The van der Waals surface area contributed by atoms with E-state index >= 15 is 0 Å². The van der Waals surface area contributed by atoms with Gasteiger partial charge >= 0.3 is 0 Å². The molecule has 1 fully saturated rings. The molecule has 0 spiro atoms. The first kappa shape index (κ1) is 16.3. The molecule has 118 valence electrons. The molecule has 0 aliphatic carbocycles. The van der Waals surface area contributed by atoms with Crippen LogP contribution in [0.25, 0.3) is 0 Å². The van der Waals surface area contributed by atoms with E-state index in [1.807, 2.05) is 12.1 Å². The quantitative estimate of drug-likeness (QED) is 0.773. The Morgan fingerprint density at radius 2 is 2.23 bits per heavy atom. The van der Waals surface area contributed by atoms with Crippen LogP contribution in [-0.2, 0) is 0 Å². The van der Waals surface area contributed by atoms with Gasteiger partial charge in [-0.2, -0.15) is 0 Å². The Labute approximate surface area is 131 Å². The molecule has 0 N–H and O–H groups in total. The van der Waals surface area contributed by atoms with Crippen LogP contribution in [0.15, 0.2) is 34.5 Å². The highest BCUT2D eigenvalue weighted by atomic mass is 19.1. The van der Waals surface area contributed by atoms with Crippen molar-refractivity contribution in [1.82, 2.24) is 4.98 Å².